The molecule has 0 aliphatic heterocycles. The van der Waals surface area contributed by atoms with E-state index in [0.29, 0.717) is 11.3 Å². The van der Waals surface area contributed by atoms with Gasteiger partial charge in [-0.05, 0) is 83.3 Å². The summed E-state index contributed by atoms with van der Waals surface area (Å²) in [7, 11) is -5.92. The molecule has 13 aromatic rings. The molecule has 0 unspecified atom stereocenters. The van der Waals surface area contributed by atoms with Gasteiger partial charge in [0.15, 0.2) is 8.07 Å². The van der Waals surface area contributed by atoms with E-state index in [1.807, 2.05) is 47.0 Å². The van der Waals surface area contributed by atoms with Gasteiger partial charge in [-0.2, -0.15) is 18.2 Å². The predicted octanol–water partition coefficient (Wildman–Crippen LogP) is 13.6. The first kappa shape index (κ1) is 28.5. The molecule has 3 aromatic heterocycles. The van der Waals surface area contributed by atoms with Crippen LogP contribution in [-0.4, -0.2) is 22.2 Å². The Hall–Kier alpha value is -8.67. The first-order chi connectivity index (χ1) is 47.7. The van der Waals surface area contributed by atoms with Gasteiger partial charge in [-0.15, -0.1) is 29.7 Å². The summed E-state index contributed by atoms with van der Waals surface area (Å²) < 4.78 is 242. The Morgan fingerprint density at radius 3 is 1.71 bits per heavy atom. The summed E-state index contributed by atoms with van der Waals surface area (Å²) in [5.74, 6) is 0.907. The topological polar surface area (TPSA) is 35.9 Å². The first-order valence-corrected chi connectivity index (χ1v) is 25.8. The predicted molar refractivity (Wildman–Crippen MR) is 313 cm³/mol. The largest absolute Gasteiger partial charge is 0.510 e. The Morgan fingerprint density at radius 2 is 1.10 bits per heavy atom. The number of aromatic nitrogens is 4. The van der Waals surface area contributed by atoms with Gasteiger partial charge in [0.2, 0.25) is 0 Å². The van der Waals surface area contributed by atoms with Crippen LogP contribution in [0.1, 0.15) is 60.6 Å². The van der Waals surface area contributed by atoms with Crippen molar-refractivity contribution in [1.82, 2.24) is 14.1 Å². The number of pyridine rings is 1. The maximum atomic E-state index is 9.81. The minimum Gasteiger partial charge on any atom is -0.510 e. The van der Waals surface area contributed by atoms with E-state index in [-0.39, 0.29) is 76.7 Å². The van der Waals surface area contributed by atoms with Crippen LogP contribution >= 0.6 is 0 Å². The molecule has 3 heterocycles. The number of imidazole rings is 1. The summed E-state index contributed by atoms with van der Waals surface area (Å²) in [5.41, 5.74) is 0.343. The number of rotatable bonds is 11. The molecule has 0 atom stereocenters. The van der Waals surface area contributed by atoms with Crippen LogP contribution in [0.4, 0.5) is 0 Å². The van der Waals surface area contributed by atoms with E-state index in [0.717, 1.165) is 21.9 Å². The molecule has 0 saturated carbocycles. The van der Waals surface area contributed by atoms with Crippen LogP contribution in [-0.2, 0) is 26.5 Å². The van der Waals surface area contributed by atoms with E-state index in [2.05, 4.69) is 39.2 Å². The minimum atomic E-state index is -5.92. The van der Waals surface area contributed by atoms with Gasteiger partial charge in [0.25, 0.3) is 6.33 Å². The molecule has 13 rings (SSSR count). The van der Waals surface area contributed by atoms with Crippen molar-refractivity contribution in [1.29, 1.82) is 0 Å². The van der Waals surface area contributed by atoms with Crippen LogP contribution in [0.5, 0.6) is 11.5 Å². The molecule has 5 nitrogen and oxygen atoms in total. The normalized spacial score (nSPS) is 16.3. The Morgan fingerprint density at radius 1 is 0.532 bits per heavy atom. The van der Waals surface area contributed by atoms with Crippen LogP contribution in [0.2, 0.25) is 0 Å². The van der Waals surface area contributed by atoms with E-state index in [1.54, 1.807) is 30.5 Å². The second-order valence-corrected chi connectivity index (χ2v) is 22.1. The van der Waals surface area contributed by atoms with E-state index in [9.17, 15) is 21.9 Å². The zero-order valence-corrected chi connectivity index (χ0v) is 44.2. The van der Waals surface area contributed by atoms with Gasteiger partial charge in [0.1, 0.15) is 5.82 Å². The Kier molecular flexibility index (Phi) is 7.56. The maximum absolute atomic E-state index is 9.81. The molecule has 10 aromatic carbocycles. The molecule has 0 aliphatic carbocycles. The van der Waals surface area contributed by atoms with Crippen molar-refractivity contribution >= 4 is 61.7 Å². The third kappa shape index (κ3) is 8.84. The summed E-state index contributed by atoms with van der Waals surface area (Å²) in [4.78, 5) is 4.79. The van der Waals surface area contributed by atoms with Gasteiger partial charge in [-0.25, -0.2) is 4.98 Å². The van der Waals surface area contributed by atoms with Crippen molar-refractivity contribution in [3.8, 4) is 50.9 Å². The maximum Gasteiger partial charge on any atom is 0.268 e. The number of hydrogen-bond acceptors (Lipinski definition) is 2. The van der Waals surface area contributed by atoms with E-state index in [4.69, 9.17) is 22.1 Å². The summed E-state index contributed by atoms with van der Waals surface area (Å²) in [6, 6.07) is 11.6. The number of para-hydroxylation sites is 2. The SMILES string of the molecule is [2H]c1c([2H])c([2H])c(-c2cccc(-c3c([2H])c([2H])c([2H])c([2H])c3[2H])c2-[n+]2[c-]n(-c3[c-]c(Oc4[c-]c5c(cc4)c4ccccc4n5-c4cc(C(C)(C)C)ccn4)ccc3)c3ccc([Si](c4c([2H])c([2H])c([2H])c([2H])c4[2H])(c4c([2H])c([2H])c([2H])c([2H])c4[2H])c4c([2H])c([2H])c([2H])c([2H])c4[2H])cc32)c([2H])c1[2H].[Pt]. The van der Waals surface area contributed by atoms with Crippen LogP contribution in [0.15, 0.2) is 260 Å². The fraction of sp³-hybridized carbons (Fsp3) is 0.0571. The first-order valence-electron chi connectivity index (χ1n) is 36.3. The zero-order chi connectivity index (χ0) is 73.0. The molecule has 0 radical (unpaired) electrons. The average molecular weight is 1210 g/mol. The molecule has 0 spiro atoms. The number of hydrogen-bond donors (Lipinski definition) is 0. The van der Waals surface area contributed by atoms with Crippen LogP contribution in [0.3, 0.4) is 0 Å². The summed E-state index contributed by atoms with van der Waals surface area (Å²) in [6.07, 6.45) is 5.02. The molecule has 0 saturated heterocycles. The van der Waals surface area contributed by atoms with Crippen molar-refractivity contribution in [2.45, 2.75) is 26.2 Å². The van der Waals surface area contributed by atoms with Gasteiger partial charge in [0, 0.05) is 44.3 Å². The van der Waals surface area contributed by atoms with E-state index >= 15 is 0 Å². The molecule has 0 fully saturated rings. The Labute approximate surface area is 500 Å². The van der Waals surface area contributed by atoms with Crippen molar-refractivity contribution in [2.24, 2.45) is 0 Å². The van der Waals surface area contributed by atoms with E-state index < -0.39 is 186 Å². The summed E-state index contributed by atoms with van der Waals surface area (Å²) >= 11 is 0. The fourth-order valence-electron chi connectivity index (χ4n) is 9.69. The van der Waals surface area contributed by atoms with Crippen LogP contribution < -0.4 is 30.1 Å². The van der Waals surface area contributed by atoms with E-state index in [1.165, 1.54) is 45.5 Å². The van der Waals surface area contributed by atoms with Crippen LogP contribution in [0.25, 0.3) is 72.3 Å². The van der Waals surface area contributed by atoms with Crippen molar-refractivity contribution in [3.05, 3.63) is 284 Å². The molecule has 77 heavy (non-hydrogen) atoms. The molecule has 7 heteroatoms. The molecule has 0 bridgehead atoms. The second kappa shape index (κ2) is 20.5. The Balaban J connectivity index is 0.00000982. The van der Waals surface area contributed by atoms with Crippen molar-refractivity contribution in [2.75, 3.05) is 0 Å². The smallest absolute Gasteiger partial charge is 0.268 e. The van der Waals surface area contributed by atoms with Gasteiger partial charge in [-0.3, -0.25) is 4.57 Å². The van der Waals surface area contributed by atoms with Crippen molar-refractivity contribution < 1.29 is 64.6 Å². The Bertz CT molecular complexity index is 5400. The second-order valence-electron chi connectivity index (χ2n) is 18.5. The van der Waals surface area contributed by atoms with Gasteiger partial charge < -0.3 is 13.9 Å². The van der Waals surface area contributed by atoms with Gasteiger partial charge >= 0.3 is 0 Å². The number of nitrogens with zero attached hydrogens (tertiary/aromatic N) is 4. The number of ether oxygens (including phenoxy) is 1. The average Bonchev–Trinajstić information content (AvgIpc) is 0.897. The zero-order valence-electron chi connectivity index (χ0n) is 65.9. The molecule has 0 aliphatic rings. The standard InChI is InChI=1S/C70H52N4OSi.Pt/c1-70(2,3)52-43-44-71-68(45-52)74-64-38-20-19-35-62(64)63-41-39-55(47-66(63)74)75-54-28-21-27-53(46-54)72-49-73(69-60(50-23-9-4-10-24-50)36-22-37-61(69)51-25-11-5-12-26-51)67-48-59(40-42-65(67)72)76(56-29-13-6-14-30-56,57-31-15-7-16-32-57)58-33-17-8-18-34-58;/h4-45,48H,1-3H3;/q-2;/i4D,5D,6D,7D,8D,9D,10D,11D,12D,13D,14D,15D,16D,17D,18D,23D,24D,25D,26D,29D,30D,31D,32D,33D,34D;. The minimum absolute atomic E-state index is 0. The van der Waals surface area contributed by atoms with Crippen LogP contribution in [0, 0.1) is 18.5 Å². The molecule has 0 amide bonds. The number of fused-ring (bicyclic) bond motifs is 4. The molecule has 0 N–H and O–H groups in total. The fourth-order valence-corrected chi connectivity index (χ4v) is 13.5. The van der Waals surface area contributed by atoms with Gasteiger partial charge in [0.05, 0.1) is 51.0 Å². The molecular formula is C70H52N4OPtSi-2. The molecule has 374 valence electrons. The van der Waals surface area contributed by atoms with Crippen molar-refractivity contribution in [3.63, 3.8) is 0 Å². The third-order valence-electron chi connectivity index (χ3n) is 13.1. The summed E-state index contributed by atoms with van der Waals surface area (Å²) in [5, 5.41) is -1.11. The van der Waals surface area contributed by atoms with Gasteiger partial charge in [-0.1, -0.05) is 232 Å². The monoisotopic (exact) mass is 1210 g/mol. The summed E-state index contributed by atoms with van der Waals surface area (Å²) in [6.45, 7) is 6.29. The number of benzene rings is 10. The third-order valence-corrected chi connectivity index (χ3v) is 17.3. The molecular weight excluding hydrogens is 1140 g/mol. The quantitative estimate of drug-likeness (QED) is 0.0560.